The number of amides is 1. The molecule has 27 heavy (non-hydrogen) atoms. The number of carbonyl (C=O) groups excluding carboxylic acids is 1. The summed E-state index contributed by atoms with van der Waals surface area (Å²) in [5.41, 5.74) is 1.93. The van der Waals surface area contributed by atoms with E-state index in [2.05, 4.69) is 0 Å². The summed E-state index contributed by atoms with van der Waals surface area (Å²) < 4.78 is 32.0. The molecule has 0 spiro atoms. The van der Waals surface area contributed by atoms with Crippen LogP contribution >= 0.6 is 0 Å². The van der Waals surface area contributed by atoms with Crippen molar-refractivity contribution in [2.45, 2.75) is 18.2 Å². The van der Waals surface area contributed by atoms with Crippen LogP contribution in [0.5, 0.6) is 5.75 Å². The van der Waals surface area contributed by atoms with Gasteiger partial charge in [0, 0.05) is 26.2 Å². The van der Waals surface area contributed by atoms with Gasteiger partial charge in [0.1, 0.15) is 5.75 Å². The molecule has 0 N–H and O–H groups in total. The topological polar surface area (TPSA) is 66.9 Å². The fourth-order valence-electron chi connectivity index (χ4n) is 3.07. The van der Waals surface area contributed by atoms with Crippen LogP contribution in [0.2, 0.25) is 0 Å². The lowest BCUT2D eigenvalue weighted by Gasteiger charge is -2.34. The second-order valence-corrected chi connectivity index (χ2v) is 8.56. The number of hydrogen-bond donors (Lipinski definition) is 0. The Bertz CT molecular complexity index is 885. The van der Waals surface area contributed by atoms with Crippen LogP contribution in [0.3, 0.4) is 0 Å². The Hall–Kier alpha value is -2.38. The van der Waals surface area contributed by atoms with Crippen LogP contribution in [0.25, 0.3) is 0 Å². The van der Waals surface area contributed by atoms with E-state index in [4.69, 9.17) is 4.74 Å². The zero-order valence-corrected chi connectivity index (χ0v) is 16.4. The van der Waals surface area contributed by atoms with Gasteiger partial charge in [-0.1, -0.05) is 29.8 Å². The molecule has 1 fully saturated rings. The minimum atomic E-state index is -3.51. The van der Waals surface area contributed by atoms with Gasteiger partial charge in [-0.25, -0.2) is 8.42 Å². The first-order valence-corrected chi connectivity index (χ1v) is 10.3. The van der Waals surface area contributed by atoms with Crippen LogP contribution in [-0.2, 0) is 21.2 Å². The fourth-order valence-corrected chi connectivity index (χ4v) is 4.49. The van der Waals surface area contributed by atoms with E-state index in [-0.39, 0.29) is 5.91 Å². The molecule has 1 saturated heterocycles. The zero-order valence-electron chi connectivity index (χ0n) is 15.6. The number of piperazine rings is 1. The van der Waals surface area contributed by atoms with E-state index in [1.165, 1.54) is 4.31 Å². The van der Waals surface area contributed by atoms with Crippen molar-refractivity contribution in [1.82, 2.24) is 9.21 Å². The number of rotatable bonds is 5. The first kappa shape index (κ1) is 19.4. The van der Waals surface area contributed by atoms with Crippen molar-refractivity contribution >= 4 is 15.9 Å². The van der Waals surface area contributed by atoms with Crippen molar-refractivity contribution in [3.8, 4) is 5.75 Å². The summed E-state index contributed by atoms with van der Waals surface area (Å²) in [4.78, 5) is 14.5. The van der Waals surface area contributed by atoms with Crippen LogP contribution in [0.4, 0.5) is 0 Å². The number of nitrogens with zero attached hydrogens (tertiary/aromatic N) is 2. The Balaban J connectivity index is 1.59. The van der Waals surface area contributed by atoms with E-state index in [1.807, 2.05) is 31.2 Å². The highest BCUT2D eigenvalue weighted by molar-refractivity contribution is 7.89. The summed E-state index contributed by atoms with van der Waals surface area (Å²) in [6.45, 7) is 3.35. The highest BCUT2D eigenvalue weighted by atomic mass is 32.2. The summed E-state index contributed by atoms with van der Waals surface area (Å²) in [5, 5.41) is 0. The number of sulfonamides is 1. The Kier molecular flexibility index (Phi) is 5.82. The SMILES string of the molecule is COc1ccc(CC(=O)N2CCN(S(=O)(=O)c3ccc(C)cc3)CC2)cc1. The van der Waals surface area contributed by atoms with Gasteiger partial charge < -0.3 is 9.64 Å². The molecule has 1 aliphatic heterocycles. The molecule has 0 radical (unpaired) electrons. The maximum absolute atomic E-state index is 12.7. The minimum Gasteiger partial charge on any atom is -0.497 e. The number of benzene rings is 2. The van der Waals surface area contributed by atoms with Crippen LogP contribution < -0.4 is 4.74 Å². The molecule has 0 unspecified atom stereocenters. The van der Waals surface area contributed by atoms with Crippen LogP contribution in [0.1, 0.15) is 11.1 Å². The highest BCUT2D eigenvalue weighted by Gasteiger charge is 2.29. The van der Waals surface area contributed by atoms with E-state index >= 15 is 0 Å². The number of methoxy groups -OCH3 is 1. The van der Waals surface area contributed by atoms with Gasteiger partial charge in [-0.05, 0) is 36.8 Å². The molecule has 1 amide bonds. The molecule has 144 valence electrons. The maximum Gasteiger partial charge on any atom is 0.243 e. The minimum absolute atomic E-state index is 0.00699. The molecule has 0 bridgehead atoms. The van der Waals surface area contributed by atoms with Crippen LogP contribution in [-0.4, -0.2) is 56.8 Å². The summed E-state index contributed by atoms with van der Waals surface area (Å²) in [6.07, 6.45) is 0.300. The van der Waals surface area contributed by atoms with Gasteiger partial charge in [0.2, 0.25) is 15.9 Å². The molecule has 1 heterocycles. The molecule has 2 aromatic rings. The molecule has 6 nitrogen and oxygen atoms in total. The molecule has 2 aromatic carbocycles. The third kappa shape index (κ3) is 4.48. The molecule has 7 heteroatoms. The van der Waals surface area contributed by atoms with Crippen molar-refractivity contribution in [3.63, 3.8) is 0 Å². The fraction of sp³-hybridized carbons (Fsp3) is 0.350. The third-order valence-corrected chi connectivity index (χ3v) is 6.68. The monoisotopic (exact) mass is 388 g/mol. The lowest BCUT2D eigenvalue weighted by molar-refractivity contribution is -0.131. The van der Waals surface area contributed by atoms with Gasteiger partial charge in [-0.15, -0.1) is 0 Å². The van der Waals surface area contributed by atoms with Crippen LogP contribution in [0.15, 0.2) is 53.4 Å². The second kappa shape index (κ2) is 8.10. The van der Waals surface area contributed by atoms with Crippen molar-refractivity contribution in [3.05, 3.63) is 59.7 Å². The predicted octanol–water partition coefficient (Wildman–Crippen LogP) is 2.08. The van der Waals surface area contributed by atoms with Crippen molar-refractivity contribution < 1.29 is 17.9 Å². The lowest BCUT2D eigenvalue weighted by Crippen LogP contribution is -2.50. The first-order chi connectivity index (χ1) is 12.9. The molecular weight excluding hydrogens is 364 g/mol. The number of hydrogen-bond acceptors (Lipinski definition) is 4. The summed E-state index contributed by atoms with van der Waals surface area (Å²) >= 11 is 0. The van der Waals surface area contributed by atoms with E-state index in [0.29, 0.717) is 37.5 Å². The molecule has 0 saturated carbocycles. The van der Waals surface area contributed by atoms with Gasteiger partial charge in [-0.3, -0.25) is 4.79 Å². The summed E-state index contributed by atoms with van der Waals surface area (Å²) in [6, 6.07) is 14.2. The molecule has 0 atom stereocenters. The normalized spacial score (nSPS) is 15.6. The van der Waals surface area contributed by atoms with Gasteiger partial charge in [0.05, 0.1) is 18.4 Å². The Morgan fingerprint density at radius 3 is 2.11 bits per heavy atom. The number of ether oxygens (including phenoxy) is 1. The molecule has 0 aliphatic carbocycles. The predicted molar refractivity (Wildman–Crippen MR) is 103 cm³/mol. The van der Waals surface area contributed by atoms with Crippen molar-refractivity contribution in [2.24, 2.45) is 0 Å². The average molecular weight is 388 g/mol. The second-order valence-electron chi connectivity index (χ2n) is 6.62. The van der Waals surface area contributed by atoms with Crippen molar-refractivity contribution in [2.75, 3.05) is 33.3 Å². The summed E-state index contributed by atoms with van der Waals surface area (Å²) in [5.74, 6) is 0.758. The smallest absolute Gasteiger partial charge is 0.243 e. The largest absolute Gasteiger partial charge is 0.497 e. The van der Waals surface area contributed by atoms with E-state index in [9.17, 15) is 13.2 Å². The van der Waals surface area contributed by atoms with E-state index in [1.54, 1.807) is 36.3 Å². The quantitative estimate of drug-likeness (QED) is 0.787. The average Bonchev–Trinajstić information content (AvgIpc) is 2.69. The van der Waals surface area contributed by atoms with Gasteiger partial charge in [0.15, 0.2) is 0 Å². The van der Waals surface area contributed by atoms with Gasteiger partial charge in [0.25, 0.3) is 0 Å². The summed E-state index contributed by atoms with van der Waals surface area (Å²) in [7, 11) is -1.91. The first-order valence-electron chi connectivity index (χ1n) is 8.87. The molecule has 1 aliphatic rings. The number of aryl methyl sites for hydroxylation is 1. The van der Waals surface area contributed by atoms with Crippen molar-refractivity contribution in [1.29, 1.82) is 0 Å². The molecule has 3 rings (SSSR count). The highest BCUT2D eigenvalue weighted by Crippen LogP contribution is 2.19. The molecule has 0 aromatic heterocycles. The lowest BCUT2D eigenvalue weighted by atomic mass is 10.1. The van der Waals surface area contributed by atoms with Gasteiger partial charge in [-0.2, -0.15) is 4.31 Å². The number of carbonyl (C=O) groups is 1. The Morgan fingerprint density at radius 1 is 0.963 bits per heavy atom. The Morgan fingerprint density at radius 2 is 1.56 bits per heavy atom. The van der Waals surface area contributed by atoms with Gasteiger partial charge >= 0.3 is 0 Å². The zero-order chi connectivity index (χ0) is 19.4. The maximum atomic E-state index is 12.7. The molecular formula is C20H24N2O4S. The standard InChI is InChI=1S/C20H24N2O4S/c1-16-3-9-19(10-4-16)27(24,25)22-13-11-21(12-14-22)20(23)15-17-5-7-18(26-2)8-6-17/h3-10H,11-15H2,1-2H3. The van der Waals surface area contributed by atoms with Crippen LogP contribution in [0, 0.1) is 6.92 Å². The third-order valence-electron chi connectivity index (χ3n) is 4.76. The Labute approximate surface area is 160 Å². The van der Waals surface area contributed by atoms with E-state index in [0.717, 1.165) is 16.9 Å². The van der Waals surface area contributed by atoms with E-state index < -0.39 is 10.0 Å².